The van der Waals surface area contributed by atoms with Crippen LogP contribution in [0.5, 0.6) is 0 Å². The number of rotatable bonds is 26. The minimum absolute atomic E-state index is 0.00660. The Morgan fingerprint density at radius 2 is 0.909 bits per heavy atom. The lowest BCUT2D eigenvalue weighted by atomic mass is 10.0. The fraction of sp³-hybridized carbons (Fsp3) is 0.931. The number of esters is 1. The third-order valence-electron chi connectivity index (χ3n) is 6.58. The molecule has 0 heterocycles. The summed E-state index contributed by atoms with van der Waals surface area (Å²) in [5.74, 6) is -0.707. The molecule has 33 heavy (non-hydrogen) atoms. The molecular formula is C29H56O4. The number of unbranched alkanes of at least 4 members (excludes halogenated alkanes) is 17. The van der Waals surface area contributed by atoms with E-state index in [2.05, 4.69) is 13.8 Å². The number of carbonyl (C=O) groups is 2. The first-order valence-corrected chi connectivity index (χ1v) is 14.5. The van der Waals surface area contributed by atoms with Crippen LogP contribution in [0.1, 0.15) is 168 Å². The average Bonchev–Trinajstić information content (AvgIpc) is 2.79. The van der Waals surface area contributed by atoms with E-state index >= 15 is 0 Å². The second-order valence-corrected chi connectivity index (χ2v) is 9.95. The normalized spacial score (nSPS) is 12.1. The van der Waals surface area contributed by atoms with Crippen LogP contribution in [0, 0.1) is 0 Å². The number of carboxylic acid groups (broad SMARTS) is 1. The minimum Gasteiger partial charge on any atom is -0.481 e. The summed E-state index contributed by atoms with van der Waals surface area (Å²) < 4.78 is 5.89. The van der Waals surface area contributed by atoms with Gasteiger partial charge >= 0.3 is 11.9 Å². The highest BCUT2D eigenvalue weighted by Crippen LogP contribution is 2.18. The number of aliphatic carboxylic acids is 1. The number of hydrogen-bond acceptors (Lipinski definition) is 3. The Balaban J connectivity index is 4.05. The van der Waals surface area contributed by atoms with E-state index in [1.807, 2.05) is 0 Å². The molecule has 4 heteroatoms. The van der Waals surface area contributed by atoms with Crippen LogP contribution < -0.4 is 0 Å². The highest BCUT2D eigenvalue weighted by atomic mass is 16.5. The van der Waals surface area contributed by atoms with Gasteiger partial charge in [0.2, 0.25) is 0 Å². The van der Waals surface area contributed by atoms with E-state index in [0.717, 1.165) is 64.2 Å². The van der Waals surface area contributed by atoms with Gasteiger partial charge in [0.25, 0.3) is 0 Å². The summed E-state index contributed by atoms with van der Waals surface area (Å²) >= 11 is 0. The molecule has 0 amide bonds. The lowest BCUT2D eigenvalue weighted by Gasteiger charge is -2.18. The molecule has 0 aliphatic carbocycles. The summed E-state index contributed by atoms with van der Waals surface area (Å²) in [5, 5.41) is 8.72. The van der Waals surface area contributed by atoms with Crippen molar-refractivity contribution in [3.8, 4) is 0 Å². The molecule has 0 rings (SSSR count). The molecule has 0 spiro atoms. The Labute approximate surface area is 205 Å². The predicted molar refractivity (Wildman–Crippen MR) is 140 cm³/mol. The SMILES string of the molecule is CCCCCCCCCCCC(CCCCCCCC(=O)O)OC(=O)CCCCCCCC. The summed E-state index contributed by atoms with van der Waals surface area (Å²) in [6.07, 6.45) is 26.8. The summed E-state index contributed by atoms with van der Waals surface area (Å²) in [4.78, 5) is 23.0. The molecule has 0 aromatic rings. The van der Waals surface area contributed by atoms with Crippen LogP contribution in [-0.2, 0) is 14.3 Å². The summed E-state index contributed by atoms with van der Waals surface area (Å²) in [7, 11) is 0. The van der Waals surface area contributed by atoms with Gasteiger partial charge in [-0.2, -0.15) is 0 Å². The van der Waals surface area contributed by atoms with Crippen LogP contribution in [-0.4, -0.2) is 23.1 Å². The van der Waals surface area contributed by atoms with E-state index in [1.54, 1.807) is 0 Å². The smallest absolute Gasteiger partial charge is 0.306 e. The fourth-order valence-corrected chi connectivity index (χ4v) is 4.42. The van der Waals surface area contributed by atoms with Crippen LogP contribution >= 0.6 is 0 Å². The molecule has 1 N–H and O–H groups in total. The first-order valence-electron chi connectivity index (χ1n) is 14.5. The maximum Gasteiger partial charge on any atom is 0.306 e. The minimum atomic E-state index is -0.701. The van der Waals surface area contributed by atoms with E-state index in [1.165, 1.54) is 77.0 Å². The first kappa shape index (κ1) is 31.9. The Morgan fingerprint density at radius 1 is 0.545 bits per heavy atom. The Bertz CT molecular complexity index is 435. The van der Waals surface area contributed by atoms with Gasteiger partial charge < -0.3 is 9.84 Å². The Kier molecular flexibility index (Phi) is 24.7. The molecular weight excluding hydrogens is 412 g/mol. The molecule has 0 fully saturated rings. The Morgan fingerprint density at radius 3 is 1.33 bits per heavy atom. The molecule has 0 saturated heterocycles. The van der Waals surface area contributed by atoms with E-state index < -0.39 is 5.97 Å². The number of carbonyl (C=O) groups excluding carboxylic acids is 1. The summed E-state index contributed by atoms with van der Waals surface area (Å²) in [6, 6.07) is 0. The highest BCUT2D eigenvalue weighted by molar-refractivity contribution is 5.69. The van der Waals surface area contributed by atoms with Crippen molar-refractivity contribution in [2.24, 2.45) is 0 Å². The highest BCUT2D eigenvalue weighted by Gasteiger charge is 2.14. The number of ether oxygens (including phenoxy) is 1. The molecule has 0 aromatic heterocycles. The molecule has 196 valence electrons. The van der Waals surface area contributed by atoms with Crippen LogP contribution in [0.4, 0.5) is 0 Å². The summed E-state index contributed by atoms with van der Waals surface area (Å²) in [6.45, 7) is 4.48. The maximum absolute atomic E-state index is 12.4. The van der Waals surface area contributed by atoms with Gasteiger partial charge in [0.05, 0.1) is 0 Å². The molecule has 0 saturated carbocycles. The zero-order valence-electron chi connectivity index (χ0n) is 22.2. The molecule has 0 aliphatic rings. The van der Waals surface area contributed by atoms with Crippen molar-refractivity contribution in [1.82, 2.24) is 0 Å². The Hall–Kier alpha value is -1.06. The van der Waals surface area contributed by atoms with E-state index in [9.17, 15) is 9.59 Å². The van der Waals surface area contributed by atoms with E-state index in [0.29, 0.717) is 6.42 Å². The quantitative estimate of drug-likeness (QED) is 0.101. The largest absolute Gasteiger partial charge is 0.481 e. The van der Waals surface area contributed by atoms with E-state index in [-0.39, 0.29) is 18.5 Å². The molecule has 0 bridgehead atoms. The fourth-order valence-electron chi connectivity index (χ4n) is 4.42. The monoisotopic (exact) mass is 468 g/mol. The van der Waals surface area contributed by atoms with Gasteiger partial charge in [0, 0.05) is 12.8 Å². The van der Waals surface area contributed by atoms with Gasteiger partial charge in [-0.15, -0.1) is 0 Å². The van der Waals surface area contributed by atoms with Crippen LogP contribution in [0.25, 0.3) is 0 Å². The van der Waals surface area contributed by atoms with Crippen molar-refractivity contribution in [2.45, 2.75) is 174 Å². The predicted octanol–water partition coefficient (Wildman–Crippen LogP) is 9.38. The first-order chi connectivity index (χ1) is 16.1. The molecule has 1 unspecified atom stereocenters. The molecule has 0 aromatic carbocycles. The zero-order chi connectivity index (χ0) is 24.4. The van der Waals surface area contributed by atoms with Gasteiger partial charge in [-0.05, 0) is 38.5 Å². The van der Waals surface area contributed by atoms with Crippen molar-refractivity contribution in [3.05, 3.63) is 0 Å². The van der Waals surface area contributed by atoms with Crippen molar-refractivity contribution in [1.29, 1.82) is 0 Å². The molecule has 0 radical (unpaired) electrons. The van der Waals surface area contributed by atoms with Gasteiger partial charge in [0.15, 0.2) is 0 Å². The lowest BCUT2D eigenvalue weighted by Crippen LogP contribution is -2.18. The number of carboxylic acids is 1. The van der Waals surface area contributed by atoms with Crippen LogP contribution in [0.15, 0.2) is 0 Å². The number of hydrogen-bond donors (Lipinski definition) is 1. The average molecular weight is 469 g/mol. The van der Waals surface area contributed by atoms with Crippen molar-refractivity contribution < 1.29 is 19.4 Å². The van der Waals surface area contributed by atoms with Crippen LogP contribution in [0.3, 0.4) is 0 Å². The van der Waals surface area contributed by atoms with Gasteiger partial charge in [-0.25, -0.2) is 0 Å². The summed E-state index contributed by atoms with van der Waals surface area (Å²) in [5.41, 5.74) is 0. The zero-order valence-corrected chi connectivity index (χ0v) is 22.2. The molecule has 4 nitrogen and oxygen atoms in total. The third-order valence-corrected chi connectivity index (χ3v) is 6.58. The van der Waals surface area contributed by atoms with Crippen LogP contribution in [0.2, 0.25) is 0 Å². The van der Waals surface area contributed by atoms with Crippen molar-refractivity contribution in [3.63, 3.8) is 0 Å². The second kappa shape index (κ2) is 25.6. The molecule has 1 atom stereocenters. The maximum atomic E-state index is 12.4. The lowest BCUT2D eigenvalue weighted by molar-refractivity contribution is -0.150. The van der Waals surface area contributed by atoms with Gasteiger partial charge in [0.1, 0.15) is 6.10 Å². The third kappa shape index (κ3) is 25.4. The van der Waals surface area contributed by atoms with Crippen molar-refractivity contribution in [2.75, 3.05) is 0 Å². The van der Waals surface area contributed by atoms with Gasteiger partial charge in [-0.1, -0.05) is 117 Å². The molecule has 0 aliphatic heterocycles. The van der Waals surface area contributed by atoms with E-state index in [4.69, 9.17) is 9.84 Å². The van der Waals surface area contributed by atoms with Gasteiger partial charge in [-0.3, -0.25) is 9.59 Å². The van der Waals surface area contributed by atoms with Crippen molar-refractivity contribution >= 4 is 11.9 Å². The second-order valence-electron chi connectivity index (χ2n) is 9.95. The topological polar surface area (TPSA) is 63.6 Å². The standard InChI is InChI=1S/C29H56O4/c1-3-5-7-9-11-12-13-15-19-23-27(24-20-16-14-17-21-25-28(30)31)33-29(32)26-22-18-10-8-6-4-2/h27H,3-26H2,1-2H3,(H,30,31).